The number of benzene rings is 1. The van der Waals surface area contributed by atoms with Gasteiger partial charge in [-0.1, -0.05) is 30.3 Å². The van der Waals surface area contributed by atoms with Crippen LogP contribution in [0.2, 0.25) is 0 Å². The maximum Gasteiger partial charge on any atom is 0.275 e. The molecule has 1 aliphatic heterocycles. The van der Waals surface area contributed by atoms with Gasteiger partial charge in [-0.2, -0.15) is 0 Å². The number of aryl methyl sites for hydroxylation is 2. The molecule has 0 saturated carbocycles. The molecule has 0 bridgehead atoms. The molecule has 4 heteroatoms. The van der Waals surface area contributed by atoms with E-state index in [4.69, 9.17) is 0 Å². The Bertz CT molecular complexity index is 748. The molecular formula is C18H17N3O. The summed E-state index contributed by atoms with van der Waals surface area (Å²) in [5, 5.41) is 2.83. The van der Waals surface area contributed by atoms with E-state index in [2.05, 4.69) is 34.3 Å². The van der Waals surface area contributed by atoms with E-state index in [9.17, 15) is 4.79 Å². The standard InChI is InChI=1S/C18H17N3O/c1-13-6-2-3-7-14(13)9-10-17-20-16(18(22)21-17)12-15-8-4-5-11-19-15/h2-8,11-12H,9-10H2,1H3,(H,20,21,22)/b16-12+. The Hall–Kier alpha value is -2.75. The molecule has 110 valence electrons. The van der Waals surface area contributed by atoms with Crippen molar-refractivity contribution in [1.82, 2.24) is 10.3 Å². The van der Waals surface area contributed by atoms with Gasteiger partial charge in [0.2, 0.25) is 0 Å². The number of carbonyl (C=O) groups is 1. The first-order valence-corrected chi connectivity index (χ1v) is 7.28. The van der Waals surface area contributed by atoms with E-state index in [-0.39, 0.29) is 5.91 Å². The summed E-state index contributed by atoms with van der Waals surface area (Å²) >= 11 is 0. The number of hydrogen-bond donors (Lipinski definition) is 1. The predicted octanol–water partition coefficient (Wildman–Crippen LogP) is 2.89. The van der Waals surface area contributed by atoms with Crippen LogP contribution < -0.4 is 5.32 Å². The number of rotatable bonds is 4. The lowest BCUT2D eigenvalue weighted by atomic mass is 10.0. The first kappa shape index (κ1) is 14.2. The molecule has 0 radical (unpaired) electrons. The minimum Gasteiger partial charge on any atom is -0.309 e. The van der Waals surface area contributed by atoms with Gasteiger partial charge in [-0.05, 0) is 42.7 Å². The quantitative estimate of drug-likeness (QED) is 0.881. The second kappa shape index (κ2) is 6.35. The molecule has 0 spiro atoms. The number of aliphatic imine (C=N–C) groups is 1. The Morgan fingerprint density at radius 1 is 1.09 bits per heavy atom. The lowest BCUT2D eigenvalue weighted by Gasteiger charge is -2.04. The summed E-state index contributed by atoms with van der Waals surface area (Å²) in [6, 6.07) is 13.8. The zero-order valence-electron chi connectivity index (χ0n) is 12.4. The second-order valence-corrected chi connectivity index (χ2v) is 5.22. The maximum absolute atomic E-state index is 11.9. The molecule has 4 nitrogen and oxygen atoms in total. The maximum atomic E-state index is 11.9. The van der Waals surface area contributed by atoms with Crippen molar-refractivity contribution in [3.05, 3.63) is 71.2 Å². The molecule has 0 unspecified atom stereocenters. The highest BCUT2D eigenvalue weighted by atomic mass is 16.2. The van der Waals surface area contributed by atoms with Gasteiger partial charge in [-0.15, -0.1) is 0 Å². The molecule has 3 rings (SSSR count). The molecule has 1 aromatic carbocycles. The zero-order valence-corrected chi connectivity index (χ0v) is 12.4. The lowest BCUT2D eigenvalue weighted by Crippen LogP contribution is -2.24. The van der Waals surface area contributed by atoms with Crippen LogP contribution in [0.5, 0.6) is 0 Å². The van der Waals surface area contributed by atoms with Crippen molar-refractivity contribution in [2.75, 3.05) is 0 Å². The minimum atomic E-state index is -0.162. The SMILES string of the molecule is Cc1ccccc1CCC1=N/C(=C/c2ccccn2)C(=O)N1. The number of aromatic nitrogens is 1. The molecule has 1 amide bonds. The molecular weight excluding hydrogens is 274 g/mol. The zero-order chi connectivity index (χ0) is 15.4. The Labute approximate surface area is 129 Å². The first-order chi connectivity index (χ1) is 10.7. The van der Waals surface area contributed by atoms with Crippen molar-refractivity contribution in [3.63, 3.8) is 0 Å². The third-order valence-electron chi connectivity index (χ3n) is 3.61. The van der Waals surface area contributed by atoms with Gasteiger partial charge in [0, 0.05) is 12.6 Å². The second-order valence-electron chi connectivity index (χ2n) is 5.22. The van der Waals surface area contributed by atoms with Crippen LogP contribution in [-0.4, -0.2) is 16.7 Å². The smallest absolute Gasteiger partial charge is 0.275 e. The molecule has 0 saturated heterocycles. The van der Waals surface area contributed by atoms with Crippen molar-refractivity contribution in [3.8, 4) is 0 Å². The van der Waals surface area contributed by atoms with Crippen molar-refractivity contribution < 1.29 is 4.79 Å². The summed E-state index contributed by atoms with van der Waals surface area (Å²) in [6.45, 7) is 2.09. The van der Waals surface area contributed by atoms with Gasteiger partial charge in [0.05, 0.1) is 5.69 Å². The van der Waals surface area contributed by atoms with Crippen molar-refractivity contribution in [1.29, 1.82) is 0 Å². The number of amides is 1. The Morgan fingerprint density at radius 3 is 2.68 bits per heavy atom. The number of carbonyl (C=O) groups excluding carboxylic acids is 1. The van der Waals surface area contributed by atoms with Crippen LogP contribution in [-0.2, 0) is 11.2 Å². The summed E-state index contributed by atoms with van der Waals surface area (Å²) in [5.74, 6) is 0.556. The number of nitrogens with one attached hydrogen (secondary N) is 1. The van der Waals surface area contributed by atoms with Crippen LogP contribution in [0.1, 0.15) is 23.2 Å². The van der Waals surface area contributed by atoms with Crippen LogP contribution >= 0.6 is 0 Å². The molecule has 1 aliphatic rings. The van der Waals surface area contributed by atoms with E-state index < -0.39 is 0 Å². The fourth-order valence-electron chi connectivity index (χ4n) is 2.38. The van der Waals surface area contributed by atoms with Gasteiger partial charge in [0.15, 0.2) is 0 Å². The van der Waals surface area contributed by atoms with Crippen LogP contribution in [0.25, 0.3) is 6.08 Å². The van der Waals surface area contributed by atoms with Gasteiger partial charge in [0.25, 0.3) is 5.91 Å². The van der Waals surface area contributed by atoms with E-state index in [0.717, 1.165) is 24.4 Å². The van der Waals surface area contributed by atoms with Crippen molar-refractivity contribution >= 4 is 17.8 Å². The summed E-state index contributed by atoms with van der Waals surface area (Å²) in [7, 11) is 0. The highest BCUT2D eigenvalue weighted by molar-refractivity contribution is 6.14. The molecule has 0 aliphatic carbocycles. The number of hydrogen-bond acceptors (Lipinski definition) is 3. The number of nitrogens with zero attached hydrogens (tertiary/aromatic N) is 2. The predicted molar refractivity (Wildman–Crippen MR) is 87.3 cm³/mol. The average Bonchev–Trinajstić information content (AvgIpc) is 2.88. The summed E-state index contributed by atoms with van der Waals surface area (Å²) in [6.07, 6.45) is 4.98. The van der Waals surface area contributed by atoms with Gasteiger partial charge in [-0.25, -0.2) is 4.99 Å². The molecule has 2 heterocycles. The fraction of sp³-hybridized carbons (Fsp3) is 0.167. The summed E-state index contributed by atoms with van der Waals surface area (Å²) in [4.78, 5) is 20.5. The van der Waals surface area contributed by atoms with E-state index >= 15 is 0 Å². The van der Waals surface area contributed by atoms with Gasteiger partial charge in [-0.3, -0.25) is 9.78 Å². The highest BCUT2D eigenvalue weighted by Crippen LogP contribution is 2.14. The van der Waals surface area contributed by atoms with Gasteiger partial charge in [0.1, 0.15) is 11.5 Å². The summed E-state index contributed by atoms with van der Waals surface area (Å²) < 4.78 is 0. The van der Waals surface area contributed by atoms with E-state index in [1.807, 2.05) is 30.3 Å². The van der Waals surface area contributed by atoms with Gasteiger partial charge >= 0.3 is 0 Å². The van der Waals surface area contributed by atoms with E-state index in [1.165, 1.54) is 11.1 Å². The largest absolute Gasteiger partial charge is 0.309 e. The number of amidine groups is 1. The Kier molecular flexibility index (Phi) is 4.10. The monoisotopic (exact) mass is 291 g/mol. The topological polar surface area (TPSA) is 54.4 Å². The van der Waals surface area contributed by atoms with Crippen LogP contribution in [0.3, 0.4) is 0 Å². The fourth-order valence-corrected chi connectivity index (χ4v) is 2.38. The molecule has 2 aromatic rings. The van der Waals surface area contributed by atoms with Crippen LogP contribution in [0.4, 0.5) is 0 Å². The van der Waals surface area contributed by atoms with E-state index in [0.29, 0.717) is 5.70 Å². The number of pyridine rings is 1. The van der Waals surface area contributed by atoms with Crippen molar-refractivity contribution in [2.45, 2.75) is 19.8 Å². The lowest BCUT2D eigenvalue weighted by molar-refractivity contribution is -0.115. The first-order valence-electron chi connectivity index (χ1n) is 7.28. The van der Waals surface area contributed by atoms with Crippen LogP contribution in [0, 0.1) is 6.92 Å². The van der Waals surface area contributed by atoms with Gasteiger partial charge < -0.3 is 5.32 Å². The molecule has 0 fully saturated rings. The summed E-state index contributed by atoms with van der Waals surface area (Å²) in [5.41, 5.74) is 3.69. The molecule has 1 aromatic heterocycles. The molecule has 1 N–H and O–H groups in total. The Morgan fingerprint density at radius 2 is 1.91 bits per heavy atom. The van der Waals surface area contributed by atoms with Crippen molar-refractivity contribution in [2.24, 2.45) is 4.99 Å². The highest BCUT2D eigenvalue weighted by Gasteiger charge is 2.19. The molecule has 22 heavy (non-hydrogen) atoms. The molecule has 0 atom stereocenters. The van der Waals surface area contributed by atoms with Crippen LogP contribution in [0.15, 0.2) is 59.4 Å². The normalized spacial score (nSPS) is 15.8. The average molecular weight is 291 g/mol. The Balaban J connectivity index is 1.71. The minimum absolute atomic E-state index is 0.162. The van der Waals surface area contributed by atoms with E-state index in [1.54, 1.807) is 12.3 Å². The third-order valence-corrected chi connectivity index (χ3v) is 3.61. The third kappa shape index (κ3) is 3.28.